The van der Waals surface area contributed by atoms with Gasteiger partial charge in [-0.2, -0.15) is 0 Å². The fraction of sp³-hybridized carbons (Fsp3) is 0.267. The average Bonchev–Trinajstić information content (AvgIpc) is 2.55. The molecule has 0 saturated heterocycles. The first kappa shape index (κ1) is 18.4. The topological polar surface area (TPSA) is 105 Å². The van der Waals surface area contributed by atoms with Gasteiger partial charge >= 0.3 is 0 Å². The van der Waals surface area contributed by atoms with E-state index in [0.717, 1.165) is 0 Å². The predicted octanol–water partition coefficient (Wildman–Crippen LogP) is 1.96. The maximum absolute atomic E-state index is 12.3. The number of sulfonamides is 2. The lowest BCUT2D eigenvalue weighted by atomic mass is 10.3. The van der Waals surface area contributed by atoms with Crippen molar-refractivity contribution in [3.8, 4) is 0 Å². The molecule has 0 aliphatic carbocycles. The van der Waals surface area contributed by atoms with Gasteiger partial charge in [0.1, 0.15) is 5.82 Å². The van der Waals surface area contributed by atoms with Crippen LogP contribution >= 0.6 is 0 Å². The number of hydrogen-bond donors (Lipinski definition) is 2. The van der Waals surface area contributed by atoms with Crippen LogP contribution in [0, 0.1) is 0 Å². The van der Waals surface area contributed by atoms with E-state index in [4.69, 9.17) is 0 Å². The number of nitrogens with zero attached hydrogens (tertiary/aromatic N) is 1. The van der Waals surface area contributed by atoms with Gasteiger partial charge in [-0.25, -0.2) is 26.5 Å². The summed E-state index contributed by atoms with van der Waals surface area (Å²) in [6.45, 7) is 3.62. The molecule has 0 fully saturated rings. The van der Waals surface area contributed by atoms with E-state index >= 15 is 0 Å². The Bertz CT molecular complexity index is 880. The highest BCUT2D eigenvalue weighted by atomic mass is 32.2. The molecule has 2 aromatic rings. The van der Waals surface area contributed by atoms with Crippen molar-refractivity contribution in [1.29, 1.82) is 0 Å². The van der Waals surface area contributed by atoms with Crippen LogP contribution < -0.4 is 9.44 Å². The van der Waals surface area contributed by atoms with Crippen LogP contribution in [0.15, 0.2) is 58.5 Å². The predicted molar refractivity (Wildman–Crippen MR) is 91.6 cm³/mol. The summed E-state index contributed by atoms with van der Waals surface area (Å²) in [4.78, 5) is 3.86. The minimum Gasteiger partial charge on any atom is -0.263 e. The van der Waals surface area contributed by atoms with Gasteiger partial charge in [-0.15, -0.1) is 0 Å². The van der Waals surface area contributed by atoms with E-state index in [1.54, 1.807) is 19.1 Å². The maximum atomic E-state index is 12.3. The van der Waals surface area contributed by atoms with E-state index in [-0.39, 0.29) is 21.7 Å². The number of anilines is 1. The molecule has 0 radical (unpaired) electrons. The number of pyridine rings is 1. The van der Waals surface area contributed by atoms with Gasteiger partial charge in [0.25, 0.3) is 10.0 Å². The van der Waals surface area contributed by atoms with Crippen molar-refractivity contribution in [1.82, 2.24) is 9.71 Å². The first-order chi connectivity index (χ1) is 11.2. The zero-order valence-corrected chi connectivity index (χ0v) is 14.9. The standard InChI is InChI=1S/C15H19N3O4S2/c1-3-12(2)17-23(19,20)13-7-9-14(10-8-13)24(21,22)18-15-6-4-5-11-16-15/h4-12,17H,3H2,1-2H3,(H,16,18). The molecule has 24 heavy (non-hydrogen) atoms. The molecule has 2 N–H and O–H groups in total. The molecular formula is C15H19N3O4S2. The quantitative estimate of drug-likeness (QED) is 0.776. The van der Waals surface area contributed by atoms with Crippen molar-refractivity contribution in [3.05, 3.63) is 48.7 Å². The van der Waals surface area contributed by atoms with Crippen LogP contribution in [-0.4, -0.2) is 27.9 Å². The Labute approximate surface area is 142 Å². The van der Waals surface area contributed by atoms with Crippen LogP contribution in [0.25, 0.3) is 0 Å². The smallest absolute Gasteiger partial charge is 0.263 e. The molecule has 1 aromatic heterocycles. The van der Waals surface area contributed by atoms with Gasteiger partial charge in [0.05, 0.1) is 9.79 Å². The summed E-state index contributed by atoms with van der Waals surface area (Å²) in [5.74, 6) is 0.188. The lowest BCUT2D eigenvalue weighted by Crippen LogP contribution is -2.32. The third-order valence-corrected chi connectivity index (χ3v) is 6.29. The molecular weight excluding hydrogens is 350 g/mol. The molecule has 1 unspecified atom stereocenters. The number of rotatable bonds is 7. The Morgan fingerprint density at radius 2 is 1.54 bits per heavy atom. The largest absolute Gasteiger partial charge is 0.263 e. The van der Waals surface area contributed by atoms with Crippen LogP contribution in [0.3, 0.4) is 0 Å². The van der Waals surface area contributed by atoms with Crippen molar-refractivity contribution >= 4 is 25.9 Å². The summed E-state index contributed by atoms with van der Waals surface area (Å²) < 4.78 is 53.7. The molecule has 1 aromatic carbocycles. The monoisotopic (exact) mass is 369 g/mol. The highest BCUT2D eigenvalue weighted by Gasteiger charge is 2.19. The fourth-order valence-corrected chi connectivity index (χ4v) is 4.17. The zero-order chi connectivity index (χ0) is 17.8. The summed E-state index contributed by atoms with van der Waals surface area (Å²) in [6.07, 6.45) is 2.12. The van der Waals surface area contributed by atoms with Gasteiger partial charge < -0.3 is 0 Å². The zero-order valence-electron chi connectivity index (χ0n) is 13.3. The summed E-state index contributed by atoms with van der Waals surface area (Å²) in [5.41, 5.74) is 0. The molecule has 0 bridgehead atoms. The van der Waals surface area contributed by atoms with Gasteiger partial charge in [-0.1, -0.05) is 13.0 Å². The first-order valence-corrected chi connectivity index (χ1v) is 10.3. The SMILES string of the molecule is CCC(C)NS(=O)(=O)c1ccc(S(=O)(=O)Nc2ccccn2)cc1. The molecule has 1 atom stereocenters. The van der Waals surface area contributed by atoms with Gasteiger partial charge in [-0.05, 0) is 49.7 Å². The second-order valence-corrected chi connectivity index (χ2v) is 8.62. The van der Waals surface area contributed by atoms with E-state index in [0.29, 0.717) is 6.42 Å². The van der Waals surface area contributed by atoms with Crippen LogP contribution in [0.1, 0.15) is 20.3 Å². The Morgan fingerprint density at radius 1 is 0.958 bits per heavy atom. The van der Waals surface area contributed by atoms with Crippen LogP contribution in [-0.2, 0) is 20.0 Å². The summed E-state index contributed by atoms with van der Waals surface area (Å²) in [6, 6.07) is 9.65. The Kier molecular flexibility index (Phi) is 5.58. The van der Waals surface area contributed by atoms with Crippen molar-refractivity contribution in [3.63, 3.8) is 0 Å². The normalized spacial score (nSPS) is 13.4. The lowest BCUT2D eigenvalue weighted by molar-refractivity contribution is 0.555. The second kappa shape index (κ2) is 7.29. The molecule has 7 nitrogen and oxygen atoms in total. The average molecular weight is 369 g/mol. The van der Waals surface area contributed by atoms with E-state index in [2.05, 4.69) is 14.4 Å². The number of benzene rings is 1. The number of aromatic nitrogens is 1. The lowest BCUT2D eigenvalue weighted by Gasteiger charge is -2.12. The van der Waals surface area contributed by atoms with E-state index in [1.807, 2.05) is 6.92 Å². The van der Waals surface area contributed by atoms with E-state index in [9.17, 15) is 16.8 Å². The van der Waals surface area contributed by atoms with Gasteiger partial charge in [0.2, 0.25) is 10.0 Å². The number of nitrogens with one attached hydrogen (secondary N) is 2. The van der Waals surface area contributed by atoms with E-state index < -0.39 is 20.0 Å². The molecule has 2 rings (SSSR count). The molecule has 1 heterocycles. The number of hydrogen-bond acceptors (Lipinski definition) is 5. The van der Waals surface area contributed by atoms with Crippen molar-refractivity contribution in [2.24, 2.45) is 0 Å². The van der Waals surface area contributed by atoms with Crippen LogP contribution in [0.2, 0.25) is 0 Å². The highest BCUT2D eigenvalue weighted by Crippen LogP contribution is 2.17. The highest BCUT2D eigenvalue weighted by molar-refractivity contribution is 7.92. The molecule has 9 heteroatoms. The Morgan fingerprint density at radius 3 is 2.04 bits per heavy atom. The molecule has 0 aliphatic heterocycles. The van der Waals surface area contributed by atoms with Crippen molar-refractivity contribution < 1.29 is 16.8 Å². The molecule has 0 aliphatic rings. The minimum atomic E-state index is -3.83. The first-order valence-electron chi connectivity index (χ1n) is 7.31. The Hall–Kier alpha value is -1.97. The van der Waals surface area contributed by atoms with Gasteiger partial charge in [0.15, 0.2) is 0 Å². The fourth-order valence-electron chi connectivity index (χ4n) is 1.83. The summed E-state index contributed by atoms with van der Waals surface area (Å²) in [7, 11) is -7.50. The summed E-state index contributed by atoms with van der Waals surface area (Å²) in [5, 5.41) is 0. The Balaban J connectivity index is 2.22. The molecule has 0 spiro atoms. The second-order valence-electron chi connectivity index (χ2n) is 5.22. The minimum absolute atomic E-state index is 0.0135. The van der Waals surface area contributed by atoms with Crippen LogP contribution in [0.4, 0.5) is 5.82 Å². The van der Waals surface area contributed by atoms with Gasteiger partial charge in [-0.3, -0.25) is 4.72 Å². The van der Waals surface area contributed by atoms with Crippen molar-refractivity contribution in [2.45, 2.75) is 36.1 Å². The van der Waals surface area contributed by atoms with E-state index in [1.165, 1.54) is 36.5 Å². The molecule has 130 valence electrons. The van der Waals surface area contributed by atoms with Crippen molar-refractivity contribution in [2.75, 3.05) is 4.72 Å². The third kappa shape index (κ3) is 4.53. The summed E-state index contributed by atoms with van der Waals surface area (Å²) >= 11 is 0. The maximum Gasteiger partial charge on any atom is 0.263 e. The molecule has 0 amide bonds. The molecule has 0 saturated carbocycles. The van der Waals surface area contributed by atoms with Gasteiger partial charge in [0, 0.05) is 12.2 Å². The third-order valence-electron chi connectivity index (χ3n) is 3.32. The van der Waals surface area contributed by atoms with Crippen LogP contribution in [0.5, 0.6) is 0 Å².